The lowest BCUT2D eigenvalue weighted by molar-refractivity contribution is 0.923. The third-order valence-electron chi connectivity index (χ3n) is 11.8. The van der Waals surface area contributed by atoms with Crippen LogP contribution >= 0.6 is 0 Å². The predicted molar refractivity (Wildman–Crippen MR) is 225 cm³/mol. The third-order valence-corrected chi connectivity index (χ3v) is 11.8. The Bertz CT molecular complexity index is 2740. The van der Waals surface area contributed by atoms with Crippen LogP contribution in [0.2, 0.25) is 0 Å². The zero-order chi connectivity index (χ0) is 34.4. The second-order valence-electron chi connectivity index (χ2n) is 14.8. The minimum absolute atomic E-state index is 0.272. The number of fused-ring (bicyclic) bond motifs is 4. The molecule has 0 N–H and O–H groups in total. The van der Waals surface area contributed by atoms with E-state index in [-0.39, 0.29) is 5.92 Å². The van der Waals surface area contributed by atoms with Crippen molar-refractivity contribution in [1.29, 1.82) is 0 Å². The van der Waals surface area contributed by atoms with Crippen molar-refractivity contribution in [2.75, 3.05) is 0 Å². The molecule has 0 saturated heterocycles. The average Bonchev–Trinajstić information content (AvgIpc) is 3.22. The van der Waals surface area contributed by atoms with Crippen LogP contribution in [0.25, 0.3) is 72.3 Å². The molecular formula is C52H42. The van der Waals surface area contributed by atoms with Gasteiger partial charge in [0.25, 0.3) is 0 Å². The smallest absolute Gasteiger partial charge is 0.00624 e. The van der Waals surface area contributed by atoms with Crippen molar-refractivity contribution >= 4 is 61.2 Å². The van der Waals surface area contributed by atoms with Gasteiger partial charge in [-0.2, -0.15) is 0 Å². The largest absolute Gasteiger partial charge is 0.0842 e. The van der Waals surface area contributed by atoms with E-state index in [2.05, 4.69) is 164 Å². The topological polar surface area (TPSA) is 0 Å². The molecular weight excluding hydrogens is 625 g/mol. The molecule has 1 unspecified atom stereocenters. The summed E-state index contributed by atoms with van der Waals surface area (Å²) in [6.07, 6.45) is 33.4. The second kappa shape index (κ2) is 13.1. The number of hydrogen-bond donors (Lipinski definition) is 0. The maximum atomic E-state index is 2.62. The quantitative estimate of drug-likeness (QED) is 0.161. The van der Waals surface area contributed by atoms with Gasteiger partial charge in [-0.3, -0.25) is 0 Å². The fourth-order valence-electron chi connectivity index (χ4n) is 9.42. The Morgan fingerprint density at radius 1 is 0.423 bits per heavy atom. The Kier molecular flexibility index (Phi) is 7.83. The molecule has 0 spiro atoms. The second-order valence-corrected chi connectivity index (χ2v) is 14.8. The van der Waals surface area contributed by atoms with Crippen molar-refractivity contribution in [1.82, 2.24) is 0 Å². The number of benzene rings is 6. The van der Waals surface area contributed by atoms with Crippen LogP contribution in [0.1, 0.15) is 73.1 Å². The van der Waals surface area contributed by atoms with Gasteiger partial charge in [0.1, 0.15) is 0 Å². The van der Waals surface area contributed by atoms with Crippen molar-refractivity contribution in [2.45, 2.75) is 50.9 Å². The van der Waals surface area contributed by atoms with Crippen molar-refractivity contribution in [3.63, 3.8) is 0 Å². The molecule has 1 atom stereocenters. The molecule has 250 valence electrons. The van der Waals surface area contributed by atoms with Gasteiger partial charge in [-0.05, 0) is 144 Å². The summed E-state index contributed by atoms with van der Waals surface area (Å²) in [5.41, 5.74) is 12.7. The molecule has 0 heterocycles. The van der Waals surface area contributed by atoms with E-state index in [9.17, 15) is 0 Å². The Balaban J connectivity index is 1.25. The summed E-state index contributed by atoms with van der Waals surface area (Å²) in [5.74, 6) is 0.272. The zero-order valence-corrected chi connectivity index (χ0v) is 29.6. The molecule has 4 aliphatic carbocycles. The van der Waals surface area contributed by atoms with Crippen molar-refractivity contribution in [3.8, 4) is 11.1 Å². The van der Waals surface area contributed by atoms with E-state index in [4.69, 9.17) is 0 Å². The maximum absolute atomic E-state index is 2.62. The summed E-state index contributed by atoms with van der Waals surface area (Å²) in [5, 5.41) is 11.0. The molecule has 0 aliphatic heterocycles. The molecule has 4 aliphatic rings. The molecule has 0 radical (unpaired) electrons. The summed E-state index contributed by atoms with van der Waals surface area (Å²) in [6.45, 7) is 0. The summed E-state index contributed by atoms with van der Waals surface area (Å²) in [6, 6.07) is 36.8. The van der Waals surface area contributed by atoms with Crippen LogP contribution in [0.5, 0.6) is 0 Å². The first-order valence-electron chi connectivity index (χ1n) is 19.2. The molecule has 6 aromatic carbocycles. The molecule has 0 heteroatoms. The molecule has 0 aromatic heterocycles. The fraction of sp³-hybridized carbons (Fsp3) is 0.154. The highest BCUT2D eigenvalue weighted by Crippen LogP contribution is 2.44. The average molecular weight is 667 g/mol. The van der Waals surface area contributed by atoms with Crippen LogP contribution in [0.15, 0.2) is 152 Å². The Labute approximate surface area is 306 Å². The van der Waals surface area contributed by atoms with E-state index < -0.39 is 0 Å². The number of hydrogen-bond acceptors (Lipinski definition) is 0. The van der Waals surface area contributed by atoms with Crippen molar-refractivity contribution < 1.29 is 0 Å². The van der Waals surface area contributed by atoms with E-state index in [1.807, 2.05) is 0 Å². The zero-order valence-electron chi connectivity index (χ0n) is 29.6. The minimum Gasteiger partial charge on any atom is -0.0842 e. The maximum Gasteiger partial charge on any atom is 0.00624 e. The van der Waals surface area contributed by atoms with Crippen molar-refractivity contribution in [3.05, 3.63) is 184 Å². The highest BCUT2D eigenvalue weighted by molar-refractivity contribution is 6.16. The van der Waals surface area contributed by atoms with Crippen molar-refractivity contribution in [2.24, 2.45) is 0 Å². The molecule has 0 saturated carbocycles. The monoisotopic (exact) mass is 666 g/mol. The van der Waals surface area contributed by atoms with E-state index >= 15 is 0 Å². The first kappa shape index (κ1) is 31.1. The molecule has 10 rings (SSSR count). The van der Waals surface area contributed by atoms with Gasteiger partial charge in [0.15, 0.2) is 0 Å². The van der Waals surface area contributed by atoms with Crippen LogP contribution in [0.3, 0.4) is 0 Å². The number of rotatable bonds is 5. The normalized spacial score (nSPS) is 18.1. The molecule has 0 bridgehead atoms. The van der Waals surface area contributed by atoms with Crippen LogP contribution in [0.4, 0.5) is 0 Å². The minimum atomic E-state index is 0.272. The van der Waals surface area contributed by atoms with Crippen LogP contribution < -0.4 is 10.4 Å². The summed E-state index contributed by atoms with van der Waals surface area (Å²) < 4.78 is 0. The van der Waals surface area contributed by atoms with E-state index in [0.717, 1.165) is 44.9 Å². The highest BCUT2D eigenvalue weighted by Gasteiger charge is 2.23. The van der Waals surface area contributed by atoms with Gasteiger partial charge in [0.2, 0.25) is 0 Å². The van der Waals surface area contributed by atoms with Gasteiger partial charge < -0.3 is 0 Å². The lowest BCUT2D eigenvalue weighted by atomic mass is 9.79. The van der Waals surface area contributed by atoms with Gasteiger partial charge in [-0.15, -0.1) is 0 Å². The van der Waals surface area contributed by atoms with Crippen LogP contribution in [-0.4, -0.2) is 0 Å². The summed E-state index contributed by atoms with van der Waals surface area (Å²) in [7, 11) is 0. The van der Waals surface area contributed by atoms with E-state index in [1.54, 1.807) is 0 Å². The molecule has 6 aromatic rings. The van der Waals surface area contributed by atoms with E-state index in [1.165, 1.54) is 92.9 Å². The first-order chi connectivity index (χ1) is 25.8. The van der Waals surface area contributed by atoms with Gasteiger partial charge in [-0.1, -0.05) is 158 Å². The molecule has 0 amide bonds. The fourth-order valence-corrected chi connectivity index (χ4v) is 9.42. The Morgan fingerprint density at radius 2 is 0.923 bits per heavy atom. The first-order valence-corrected chi connectivity index (χ1v) is 19.2. The Hall–Kier alpha value is -5.72. The summed E-state index contributed by atoms with van der Waals surface area (Å²) in [4.78, 5) is 0. The van der Waals surface area contributed by atoms with E-state index in [0.29, 0.717) is 0 Å². The predicted octanol–water partition coefficient (Wildman–Crippen LogP) is 12.8. The lowest BCUT2D eigenvalue weighted by Gasteiger charge is -2.24. The highest BCUT2D eigenvalue weighted by atomic mass is 14.3. The standard InChI is InChI=1S/C52H42/c1-5-17-35(18-6-1)49-41-25-13-15-27-43(41)51(37-21-9-3-10-22-37)47-33-39(29-31-45(47)49)40-30-32-46-48(34-40)52(38-23-11-4-12-24-38)44-28-16-14-26-42(44)50(46)36-19-7-2-8-20-36/h1-5,7,9-11,13-17,19,21-23,25-28,30-34,39H,6,8,12,18,20,24,29H2. The molecule has 0 fully saturated rings. The van der Waals surface area contributed by atoms with Crippen LogP contribution in [-0.2, 0) is 0 Å². The third kappa shape index (κ3) is 5.20. The lowest BCUT2D eigenvalue weighted by Crippen LogP contribution is -2.34. The summed E-state index contributed by atoms with van der Waals surface area (Å²) >= 11 is 0. The SMILES string of the molecule is C1=CCCC(c2c3c(c(-c4ccccc4)c4ccccc24)=CC(c2ccc4c(C5=CC=CCC5)c5ccccc5c(C5=CC=CCC5)c4c2)CC=3)=C1. The number of allylic oxidation sites excluding steroid dienone is 12. The molecule has 0 nitrogen and oxygen atoms in total. The van der Waals surface area contributed by atoms with Gasteiger partial charge in [0, 0.05) is 5.92 Å². The van der Waals surface area contributed by atoms with Crippen LogP contribution in [0, 0.1) is 0 Å². The van der Waals surface area contributed by atoms with Gasteiger partial charge in [0.05, 0.1) is 0 Å². The van der Waals surface area contributed by atoms with Gasteiger partial charge >= 0.3 is 0 Å². The Morgan fingerprint density at radius 3 is 1.50 bits per heavy atom. The van der Waals surface area contributed by atoms with Gasteiger partial charge in [-0.25, -0.2) is 0 Å². The molecule has 52 heavy (non-hydrogen) atoms.